The number of rotatable bonds is 8. The van der Waals surface area contributed by atoms with E-state index >= 15 is 0 Å². The highest BCUT2D eigenvalue weighted by Crippen LogP contribution is 2.16. The van der Waals surface area contributed by atoms with Crippen LogP contribution in [0.25, 0.3) is 0 Å². The van der Waals surface area contributed by atoms with E-state index in [1.807, 2.05) is 16.8 Å². The summed E-state index contributed by atoms with van der Waals surface area (Å²) in [5, 5.41) is 0. The molecule has 1 saturated heterocycles. The fourth-order valence-electron chi connectivity index (χ4n) is 2.45. The Kier molecular flexibility index (Phi) is 6.38. The molecule has 0 spiro atoms. The predicted octanol–water partition coefficient (Wildman–Crippen LogP) is 3.49. The molecule has 100 valence electrons. The molecule has 1 aliphatic rings. The van der Waals surface area contributed by atoms with E-state index in [4.69, 9.17) is 0 Å². The Morgan fingerprint density at radius 3 is 2.35 bits per heavy atom. The molecule has 0 N–H and O–H groups in total. The molecule has 1 unspecified atom stereocenters. The van der Waals surface area contributed by atoms with Gasteiger partial charge in [0.1, 0.15) is 0 Å². The zero-order valence-electron chi connectivity index (χ0n) is 11.7. The smallest absolute Gasteiger partial charge is 0.320 e. The van der Waals surface area contributed by atoms with Crippen LogP contribution in [0, 0.1) is 0 Å². The molecule has 0 aromatic rings. The van der Waals surface area contributed by atoms with Gasteiger partial charge >= 0.3 is 6.03 Å². The Morgan fingerprint density at radius 2 is 1.76 bits per heavy atom. The molecule has 0 saturated carbocycles. The summed E-state index contributed by atoms with van der Waals surface area (Å²) in [6, 6.07) is 0.627. The molecule has 0 aliphatic carbocycles. The second-order valence-electron chi connectivity index (χ2n) is 5.30. The summed E-state index contributed by atoms with van der Waals surface area (Å²) >= 11 is 0. The third kappa shape index (κ3) is 4.57. The maximum atomic E-state index is 11.8. The Balaban J connectivity index is 2.09. The number of carbonyl (C=O) groups excluding carboxylic acids is 1. The van der Waals surface area contributed by atoms with Crippen LogP contribution in [0.15, 0.2) is 0 Å². The number of hydrogen-bond donors (Lipinski definition) is 0. The van der Waals surface area contributed by atoms with Gasteiger partial charge in [0, 0.05) is 26.2 Å². The lowest BCUT2D eigenvalue weighted by Gasteiger charge is -2.23. The minimum atomic E-state index is 0.212. The second-order valence-corrected chi connectivity index (χ2v) is 5.30. The average Bonchev–Trinajstić information content (AvgIpc) is 2.64. The van der Waals surface area contributed by atoms with E-state index < -0.39 is 0 Å². The SMILES string of the molecule is CCCCCCCCC(C)N1CCN(C)C1=O. The van der Waals surface area contributed by atoms with Gasteiger partial charge in [-0.05, 0) is 13.3 Å². The topological polar surface area (TPSA) is 23.6 Å². The lowest BCUT2D eigenvalue weighted by atomic mass is 10.1. The maximum Gasteiger partial charge on any atom is 0.320 e. The van der Waals surface area contributed by atoms with Gasteiger partial charge in [0.05, 0.1) is 0 Å². The standard InChI is InChI=1S/C14H28N2O/c1-4-5-6-7-8-9-10-13(2)16-12-11-15(3)14(16)17/h13H,4-12H2,1-3H3. The van der Waals surface area contributed by atoms with Gasteiger partial charge in [0.15, 0.2) is 0 Å². The first-order chi connectivity index (χ1) is 8.16. The van der Waals surface area contributed by atoms with Gasteiger partial charge < -0.3 is 9.80 Å². The first-order valence-electron chi connectivity index (χ1n) is 7.18. The molecule has 2 amide bonds. The van der Waals surface area contributed by atoms with Gasteiger partial charge in [-0.3, -0.25) is 0 Å². The van der Waals surface area contributed by atoms with Crippen LogP contribution in [0.5, 0.6) is 0 Å². The molecule has 17 heavy (non-hydrogen) atoms. The molecule has 0 aromatic carbocycles. The highest BCUT2D eigenvalue weighted by molar-refractivity contribution is 5.76. The monoisotopic (exact) mass is 240 g/mol. The third-order valence-corrected chi connectivity index (χ3v) is 3.76. The summed E-state index contributed by atoms with van der Waals surface area (Å²) in [6.45, 7) is 6.23. The largest absolute Gasteiger partial charge is 0.326 e. The zero-order valence-corrected chi connectivity index (χ0v) is 11.7. The Labute approximate surface area is 106 Å². The van der Waals surface area contributed by atoms with Gasteiger partial charge in [-0.25, -0.2) is 4.79 Å². The molecule has 3 heteroatoms. The number of likely N-dealkylation sites (N-methyl/N-ethyl adjacent to an activating group) is 1. The van der Waals surface area contributed by atoms with Crippen LogP contribution in [-0.2, 0) is 0 Å². The number of amides is 2. The van der Waals surface area contributed by atoms with E-state index in [1.54, 1.807) is 0 Å². The number of hydrogen-bond acceptors (Lipinski definition) is 1. The summed E-state index contributed by atoms with van der Waals surface area (Å²) in [5.74, 6) is 0. The second kappa shape index (κ2) is 7.57. The van der Waals surface area contributed by atoms with Crippen molar-refractivity contribution >= 4 is 6.03 Å². The zero-order chi connectivity index (χ0) is 12.7. The molecule has 0 aromatic heterocycles. The van der Waals surface area contributed by atoms with Crippen LogP contribution < -0.4 is 0 Å². The number of carbonyl (C=O) groups is 1. The third-order valence-electron chi connectivity index (χ3n) is 3.76. The fraction of sp³-hybridized carbons (Fsp3) is 0.929. The molecule has 1 fully saturated rings. The van der Waals surface area contributed by atoms with E-state index in [0.29, 0.717) is 6.04 Å². The van der Waals surface area contributed by atoms with Gasteiger partial charge in [0.25, 0.3) is 0 Å². The minimum Gasteiger partial charge on any atom is -0.326 e. The van der Waals surface area contributed by atoms with Crippen molar-refractivity contribution in [2.45, 2.75) is 64.8 Å². The van der Waals surface area contributed by atoms with Gasteiger partial charge in [-0.1, -0.05) is 45.4 Å². The highest BCUT2D eigenvalue weighted by Gasteiger charge is 2.28. The van der Waals surface area contributed by atoms with Crippen molar-refractivity contribution in [3.05, 3.63) is 0 Å². The van der Waals surface area contributed by atoms with E-state index in [0.717, 1.165) is 19.5 Å². The highest BCUT2D eigenvalue weighted by atomic mass is 16.2. The van der Waals surface area contributed by atoms with Crippen LogP contribution in [0.1, 0.15) is 58.8 Å². The molecule has 1 aliphatic heterocycles. The minimum absolute atomic E-state index is 0.212. The molecular weight excluding hydrogens is 212 g/mol. The quantitative estimate of drug-likeness (QED) is 0.596. The Bertz CT molecular complexity index is 230. The predicted molar refractivity (Wildman–Crippen MR) is 72.2 cm³/mol. The van der Waals surface area contributed by atoms with Crippen molar-refractivity contribution in [1.29, 1.82) is 0 Å². The summed E-state index contributed by atoms with van der Waals surface area (Å²) in [5.41, 5.74) is 0. The van der Waals surface area contributed by atoms with Crippen LogP contribution in [-0.4, -0.2) is 42.0 Å². The molecule has 1 rings (SSSR count). The first kappa shape index (κ1) is 14.3. The Morgan fingerprint density at radius 1 is 1.12 bits per heavy atom. The van der Waals surface area contributed by atoms with Crippen molar-refractivity contribution in [3.8, 4) is 0 Å². The van der Waals surface area contributed by atoms with Gasteiger partial charge in [0.2, 0.25) is 0 Å². The van der Waals surface area contributed by atoms with Crippen molar-refractivity contribution in [3.63, 3.8) is 0 Å². The molecule has 1 heterocycles. The summed E-state index contributed by atoms with van der Waals surface area (Å²) in [4.78, 5) is 15.6. The van der Waals surface area contributed by atoms with Crippen LogP contribution >= 0.6 is 0 Å². The molecule has 0 bridgehead atoms. The molecular formula is C14H28N2O. The maximum absolute atomic E-state index is 11.8. The summed E-state index contributed by atoms with van der Waals surface area (Å²) in [7, 11) is 1.89. The van der Waals surface area contributed by atoms with Crippen LogP contribution in [0.4, 0.5) is 4.79 Å². The van der Waals surface area contributed by atoms with Crippen LogP contribution in [0.2, 0.25) is 0 Å². The van der Waals surface area contributed by atoms with Gasteiger partial charge in [-0.15, -0.1) is 0 Å². The molecule has 1 atom stereocenters. The Hall–Kier alpha value is -0.730. The number of nitrogens with zero attached hydrogens (tertiary/aromatic N) is 2. The average molecular weight is 240 g/mol. The van der Waals surface area contributed by atoms with Crippen molar-refractivity contribution in [1.82, 2.24) is 9.80 Å². The normalized spacial score (nSPS) is 17.9. The van der Waals surface area contributed by atoms with E-state index in [1.165, 1.54) is 38.5 Å². The summed E-state index contributed by atoms with van der Waals surface area (Å²) in [6.07, 6.45) is 9.15. The summed E-state index contributed by atoms with van der Waals surface area (Å²) < 4.78 is 0. The van der Waals surface area contributed by atoms with E-state index in [9.17, 15) is 4.79 Å². The van der Waals surface area contributed by atoms with Crippen LogP contribution in [0.3, 0.4) is 0 Å². The lowest BCUT2D eigenvalue weighted by Crippen LogP contribution is -2.36. The number of urea groups is 1. The van der Waals surface area contributed by atoms with Gasteiger partial charge in [-0.2, -0.15) is 0 Å². The number of unbranched alkanes of at least 4 members (excludes halogenated alkanes) is 5. The fourth-order valence-corrected chi connectivity index (χ4v) is 2.45. The van der Waals surface area contributed by atoms with Crippen molar-refractivity contribution < 1.29 is 4.79 Å². The first-order valence-corrected chi connectivity index (χ1v) is 7.18. The van der Waals surface area contributed by atoms with E-state index in [2.05, 4.69) is 13.8 Å². The van der Waals surface area contributed by atoms with Crippen molar-refractivity contribution in [2.75, 3.05) is 20.1 Å². The van der Waals surface area contributed by atoms with E-state index in [-0.39, 0.29) is 6.03 Å². The molecule has 3 nitrogen and oxygen atoms in total. The lowest BCUT2D eigenvalue weighted by molar-refractivity contribution is 0.182. The molecule has 0 radical (unpaired) electrons. The van der Waals surface area contributed by atoms with Crippen molar-refractivity contribution in [2.24, 2.45) is 0 Å².